The molecule has 0 aliphatic carbocycles. The molecule has 6 nitrogen and oxygen atoms in total. The van der Waals surface area contributed by atoms with Crippen molar-refractivity contribution in [3.63, 3.8) is 0 Å². The van der Waals surface area contributed by atoms with Gasteiger partial charge < -0.3 is 15.4 Å². The summed E-state index contributed by atoms with van der Waals surface area (Å²) in [5.74, 6) is 1.62. The first kappa shape index (κ1) is 16.9. The molecule has 2 N–H and O–H groups in total. The first-order valence-corrected chi connectivity index (χ1v) is 8.13. The summed E-state index contributed by atoms with van der Waals surface area (Å²) in [4.78, 5) is 13.6. The van der Waals surface area contributed by atoms with Crippen molar-refractivity contribution in [1.29, 1.82) is 0 Å². The van der Waals surface area contributed by atoms with E-state index in [1.165, 1.54) is 0 Å². The molecule has 0 bridgehead atoms. The van der Waals surface area contributed by atoms with Crippen LogP contribution in [0, 0.1) is 0 Å². The van der Waals surface area contributed by atoms with E-state index < -0.39 is 0 Å². The average Bonchev–Trinajstić information content (AvgIpc) is 2.63. The quantitative estimate of drug-likeness (QED) is 0.685. The first-order valence-electron chi connectivity index (χ1n) is 8.13. The Kier molecular flexibility index (Phi) is 5.53. The number of para-hydroxylation sites is 1. The molecule has 128 valence electrons. The molecule has 1 atom stereocenters. The summed E-state index contributed by atoms with van der Waals surface area (Å²) in [6.07, 6.45) is 0. The lowest BCUT2D eigenvalue weighted by Crippen LogP contribution is -2.22. The third kappa shape index (κ3) is 4.74. The average molecular weight is 335 g/mol. The number of hydrogen-bond donors (Lipinski definition) is 2. The minimum atomic E-state index is 0.0839. The highest BCUT2D eigenvalue weighted by atomic mass is 16.5. The van der Waals surface area contributed by atoms with Crippen LogP contribution in [0.5, 0.6) is 0 Å². The van der Waals surface area contributed by atoms with E-state index in [-0.39, 0.29) is 6.04 Å². The molecule has 0 saturated heterocycles. The lowest BCUT2D eigenvalue weighted by atomic mass is 10.2. The van der Waals surface area contributed by atoms with Crippen molar-refractivity contribution < 1.29 is 4.74 Å². The van der Waals surface area contributed by atoms with Gasteiger partial charge in [0, 0.05) is 24.4 Å². The molecule has 0 aliphatic heterocycles. The van der Waals surface area contributed by atoms with Crippen LogP contribution >= 0.6 is 0 Å². The van der Waals surface area contributed by atoms with E-state index in [4.69, 9.17) is 4.74 Å². The van der Waals surface area contributed by atoms with Gasteiger partial charge in [0.05, 0.1) is 6.61 Å². The molecule has 0 fully saturated rings. The standard InChI is InChI=1S/C19H21N5O/c1-14(13-25-2)20-18-22-17(15-9-5-3-6-10-15)23-19(24-18)21-16-11-7-4-8-12-16/h3-12,14H,13H2,1-2H3,(H2,20,21,22,23,24). The van der Waals surface area contributed by atoms with E-state index in [0.29, 0.717) is 24.3 Å². The second kappa shape index (κ2) is 8.21. The molecule has 1 heterocycles. The van der Waals surface area contributed by atoms with E-state index in [1.807, 2.05) is 67.6 Å². The Balaban J connectivity index is 1.93. The van der Waals surface area contributed by atoms with Crippen molar-refractivity contribution in [2.75, 3.05) is 24.4 Å². The largest absolute Gasteiger partial charge is 0.383 e. The van der Waals surface area contributed by atoms with Crippen LogP contribution < -0.4 is 10.6 Å². The highest BCUT2D eigenvalue weighted by Gasteiger charge is 2.11. The van der Waals surface area contributed by atoms with Crippen LogP contribution in [0.2, 0.25) is 0 Å². The Morgan fingerprint density at radius 1 is 0.880 bits per heavy atom. The summed E-state index contributed by atoms with van der Waals surface area (Å²) in [5, 5.41) is 6.48. The molecule has 0 saturated carbocycles. The zero-order chi connectivity index (χ0) is 17.5. The fraction of sp³-hybridized carbons (Fsp3) is 0.211. The van der Waals surface area contributed by atoms with E-state index in [0.717, 1.165) is 11.3 Å². The summed E-state index contributed by atoms with van der Waals surface area (Å²) in [7, 11) is 1.67. The lowest BCUT2D eigenvalue weighted by Gasteiger charge is -2.14. The van der Waals surface area contributed by atoms with Gasteiger partial charge in [0.1, 0.15) is 0 Å². The second-order valence-corrected chi connectivity index (χ2v) is 5.66. The fourth-order valence-electron chi connectivity index (χ4n) is 2.38. The lowest BCUT2D eigenvalue weighted by molar-refractivity contribution is 0.190. The van der Waals surface area contributed by atoms with Crippen molar-refractivity contribution in [2.24, 2.45) is 0 Å². The van der Waals surface area contributed by atoms with Crippen LogP contribution in [0.4, 0.5) is 17.6 Å². The van der Waals surface area contributed by atoms with E-state index in [1.54, 1.807) is 7.11 Å². The summed E-state index contributed by atoms with van der Waals surface area (Å²) >= 11 is 0. The number of aromatic nitrogens is 3. The second-order valence-electron chi connectivity index (χ2n) is 5.66. The number of anilines is 3. The normalized spacial score (nSPS) is 11.8. The third-order valence-corrected chi connectivity index (χ3v) is 3.49. The number of hydrogen-bond acceptors (Lipinski definition) is 6. The fourth-order valence-corrected chi connectivity index (χ4v) is 2.38. The molecule has 0 aliphatic rings. The van der Waals surface area contributed by atoms with Gasteiger partial charge in [-0.25, -0.2) is 0 Å². The minimum Gasteiger partial charge on any atom is -0.383 e. The van der Waals surface area contributed by atoms with Gasteiger partial charge in [-0.1, -0.05) is 48.5 Å². The van der Waals surface area contributed by atoms with Gasteiger partial charge in [-0.3, -0.25) is 0 Å². The smallest absolute Gasteiger partial charge is 0.232 e. The molecule has 0 amide bonds. The van der Waals surface area contributed by atoms with Crippen molar-refractivity contribution >= 4 is 17.6 Å². The molecule has 25 heavy (non-hydrogen) atoms. The molecular weight excluding hydrogens is 314 g/mol. The Hall–Kier alpha value is -2.99. The third-order valence-electron chi connectivity index (χ3n) is 3.49. The Bertz CT molecular complexity index is 795. The van der Waals surface area contributed by atoms with E-state index in [9.17, 15) is 0 Å². The maximum Gasteiger partial charge on any atom is 0.232 e. The van der Waals surface area contributed by atoms with Gasteiger partial charge in [0.15, 0.2) is 5.82 Å². The van der Waals surface area contributed by atoms with Crippen LogP contribution in [0.3, 0.4) is 0 Å². The molecule has 1 aromatic heterocycles. The first-order chi connectivity index (χ1) is 12.2. The van der Waals surface area contributed by atoms with Gasteiger partial charge in [0.2, 0.25) is 11.9 Å². The molecule has 3 aromatic rings. The Labute approximate surface area is 147 Å². The monoisotopic (exact) mass is 335 g/mol. The summed E-state index contributed by atoms with van der Waals surface area (Å²) in [5.41, 5.74) is 1.85. The molecule has 2 aromatic carbocycles. The highest BCUT2D eigenvalue weighted by Crippen LogP contribution is 2.20. The van der Waals surface area contributed by atoms with Gasteiger partial charge in [-0.2, -0.15) is 15.0 Å². The molecule has 1 unspecified atom stereocenters. The maximum atomic E-state index is 5.17. The molecular formula is C19H21N5O. The number of benzene rings is 2. The zero-order valence-electron chi connectivity index (χ0n) is 14.3. The number of methoxy groups -OCH3 is 1. The van der Waals surface area contributed by atoms with E-state index in [2.05, 4.69) is 25.6 Å². The van der Waals surface area contributed by atoms with Crippen LogP contribution in [0.25, 0.3) is 11.4 Å². The van der Waals surface area contributed by atoms with Gasteiger partial charge in [-0.05, 0) is 19.1 Å². The predicted molar refractivity (Wildman–Crippen MR) is 99.9 cm³/mol. The molecule has 6 heteroatoms. The van der Waals surface area contributed by atoms with Crippen LogP contribution in [-0.2, 0) is 4.74 Å². The van der Waals surface area contributed by atoms with Gasteiger partial charge in [0.25, 0.3) is 0 Å². The number of rotatable bonds is 7. The van der Waals surface area contributed by atoms with Crippen molar-refractivity contribution in [3.05, 3.63) is 60.7 Å². The van der Waals surface area contributed by atoms with Gasteiger partial charge >= 0.3 is 0 Å². The zero-order valence-corrected chi connectivity index (χ0v) is 14.3. The topological polar surface area (TPSA) is 72.0 Å². The number of ether oxygens (including phenoxy) is 1. The summed E-state index contributed by atoms with van der Waals surface area (Å²) in [6, 6.07) is 19.7. The van der Waals surface area contributed by atoms with Crippen molar-refractivity contribution in [1.82, 2.24) is 15.0 Å². The van der Waals surface area contributed by atoms with Crippen LogP contribution in [-0.4, -0.2) is 34.7 Å². The van der Waals surface area contributed by atoms with Crippen LogP contribution in [0.15, 0.2) is 60.7 Å². The number of nitrogens with one attached hydrogen (secondary N) is 2. The van der Waals surface area contributed by atoms with E-state index >= 15 is 0 Å². The Morgan fingerprint density at radius 2 is 1.52 bits per heavy atom. The Morgan fingerprint density at radius 3 is 2.20 bits per heavy atom. The summed E-state index contributed by atoms with van der Waals surface area (Å²) in [6.45, 7) is 2.58. The molecule has 3 rings (SSSR count). The number of nitrogens with zero attached hydrogens (tertiary/aromatic N) is 3. The van der Waals surface area contributed by atoms with Crippen LogP contribution in [0.1, 0.15) is 6.92 Å². The summed E-state index contributed by atoms with van der Waals surface area (Å²) < 4.78 is 5.17. The van der Waals surface area contributed by atoms with Crippen molar-refractivity contribution in [2.45, 2.75) is 13.0 Å². The molecule has 0 spiro atoms. The molecule has 0 radical (unpaired) electrons. The minimum absolute atomic E-state index is 0.0839. The van der Waals surface area contributed by atoms with Gasteiger partial charge in [-0.15, -0.1) is 0 Å². The van der Waals surface area contributed by atoms with Crippen molar-refractivity contribution in [3.8, 4) is 11.4 Å². The maximum absolute atomic E-state index is 5.17. The predicted octanol–water partition coefficient (Wildman–Crippen LogP) is 3.73. The SMILES string of the molecule is COCC(C)Nc1nc(Nc2ccccc2)nc(-c2ccccc2)n1. The highest BCUT2D eigenvalue weighted by molar-refractivity contribution is 5.60.